The molecule has 2 heterocycles. The summed E-state index contributed by atoms with van der Waals surface area (Å²) >= 11 is 0. The van der Waals surface area contributed by atoms with Gasteiger partial charge in [-0.1, -0.05) is 12.1 Å². The molecule has 0 saturated carbocycles. The van der Waals surface area contributed by atoms with Crippen LogP contribution in [0.5, 0.6) is 5.75 Å². The molecule has 1 atom stereocenters. The molecule has 0 amide bonds. The van der Waals surface area contributed by atoms with Gasteiger partial charge in [0, 0.05) is 11.6 Å². The van der Waals surface area contributed by atoms with E-state index in [0.717, 1.165) is 15.4 Å². The Bertz CT molecular complexity index is 1300. The van der Waals surface area contributed by atoms with Crippen LogP contribution in [-0.4, -0.2) is 16.5 Å². The highest BCUT2D eigenvalue weighted by Gasteiger charge is 2.36. The van der Waals surface area contributed by atoms with Crippen molar-refractivity contribution in [2.45, 2.75) is 6.04 Å². The van der Waals surface area contributed by atoms with Crippen molar-refractivity contribution in [3.63, 3.8) is 0 Å². The second-order valence-electron chi connectivity index (χ2n) is 6.01. The molecule has 1 aromatic heterocycles. The largest absolute Gasteiger partial charge is 0.497 e. The number of allylic oxidation sites excluding steroid dienone is 1. The fourth-order valence-electron chi connectivity index (χ4n) is 3.38. The number of methoxy groups -OCH3 is 1. The zero-order valence-electron chi connectivity index (χ0n) is 14.1. The van der Waals surface area contributed by atoms with Crippen molar-refractivity contribution in [3.05, 3.63) is 80.1 Å². The molecule has 2 aromatic carbocycles. The highest BCUT2D eigenvalue weighted by Crippen LogP contribution is 2.34. The van der Waals surface area contributed by atoms with Crippen molar-refractivity contribution >= 4 is 16.6 Å². The van der Waals surface area contributed by atoms with Crippen LogP contribution in [0.15, 0.2) is 57.6 Å². The molecule has 134 valence electrons. The van der Waals surface area contributed by atoms with Crippen LogP contribution in [0.1, 0.15) is 11.6 Å². The number of hydrogen-bond acceptors (Lipinski definition) is 5. The first kappa shape index (κ1) is 16.6. The molecule has 0 aliphatic carbocycles. The number of benzene rings is 2. The standard InChI is InChI=1S/C19H13FN4O3/c1-27-10-6-7-13(15(20)8-10)16-14(9-21)17(22)24-19(26)12-5-3-2-4-11(12)18(25)23(16)24/h2-8,16H,22H2,1H3. The quantitative estimate of drug-likeness (QED) is 0.743. The smallest absolute Gasteiger partial charge is 0.279 e. The molecule has 2 N–H and O–H groups in total. The maximum absolute atomic E-state index is 14.7. The van der Waals surface area contributed by atoms with Gasteiger partial charge in [-0.15, -0.1) is 0 Å². The lowest BCUT2D eigenvalue weighted by molar-refractivity contribution is 0.409. The fourth-order valence-corrected chi connectivity index (χ4v) is 3.38. The number of ether oxygens (including phenoxy) is 1. The Kier molecular flexibility index (Phi) is 3.59. The van der Waals surface area contributed by atoms with Gasteiger partial charge < -0.3 is 10.5 Å². The van der Waals surface area contributed by atoms with Crippen LogP contribution in [0.4, 0.5) is 4.39 Å². The van der Waals surface area contributed by atoms with Crippen molar-refractivity contribution in [2.24, 2.45) is 5.73 Å². The lowest BCUT2D eigenvalue weighted by Gasteiger charge is -2.17. The molecule has 0 spiro atoms. The summed E-state index contributed by atoms with van der Waals surface area (Å²) in [6.07, 6.45) is 0. The third-order valence-electron chi connectivity index (χ3n) is 4.65. The third-order valence-corrected chi connectivity index (χ3v) is 4.65. The number of nitrogens with two attached hydrogens (primary N) is 1. The Labute approximate surface area is 151 Å². The van der Waals surface area contributed by atoms with Crippen LogP contribution in [-0.2, 0) is 0 Å². The number of rotatable bonds is 2. The zero-order valence-corrected chi connectivity index (χ0v) is 14.1. The summed E-state index contributed by atoms with van der Waals surface area (Å²) < 4.78 is 21.7. The van der Waals surface area contributed by atoms with Gasteiger partial charge in [-0.2, -0.15) is 9.94 Å². The van der Waals surface area contributed by atoms with Gasteiger partial charge in [0.25, 0.3) is 11.1 Å². The molecule has 1 aliphatic rings. The van der Waals surface area contributed by atoms with Crippen molar-refractivity contribution in [1.82, 2.24) is 9.36 Å². The average Bonchev–Trinajstić information content (AvgIpc) is 2.98. The zero-order chi connectivity index (χ0) is 19.3. The molecule has 1 aliphatic heterocycles. The van der Waals surface area contributed by atoms with E-state index in [4.69, 9.17) is 10.5 Å². The van der Waals surface area contributed by atoms with Crippen LogP contribution in [0.2, 0.25) is 0 Å². The number of hydrogen-bond donors (Lipinski definition) is 1. The van der Waals surface area contributed by atoms with E-state index in [1.165, 1.54) is 31.4 Å². The summed E-state index contributed by atoms with van der Waals surface area (Å²) in [5.74, 6) is -0.584. The van der Waals surface area contributed by atoms with Crippen molar-refractivity contribution < 1.29 is 9.13 Å². The van der Waals surface area contributed by atoms with Crippen LogP contribution in [0.25, 0.3) is 16.6 Å². The minimum Gasteiger partial charge on any atom is -0.497 e. The molecule has 1 unspecified atom stereocenters. The van der Waals surface area contributed by atoms with Gasteiger partial charge in [0.2, 0.25) is 0 Å². The highest BCUT2D eigenvalue weighted by atomic mass is 19.1. The summed E-state index contributed by atoms with van der Waals surface area (Å²) in [5, 5.41) is 9.93. The van der Waals surface area contributed by atoms with Gasteiger partial charge in [0.15, 0.2) is 0 Å². The molecule has 4 rings (SSSR count). The Morgan fingerprint density at radius 2 is 1.81 bits per heavy atom. The van der Waals surface area contributed by atoms with E-state index < -0.39 is 23.0 Å². The summed E-state index contributed by atoms with van der Waals surface area (Å²) in [6, 6.07) is 11.1. The normalized spacial score (nSPS) is 15.7. The summed E-state index contributed by atoms with van der Waals surface area (Å²) in [7, 11) is 1.40. The molecule has 0 bridgehead atoms. The SMILES string of the molecule is COc1ccc(C2C(C#N)=C(N)n3c(=O)c4ccccc4c(=O)n32)c(F)c1. The van der Waals surface area contributed by atoms with Crippen molar-refractivity contribution in [2.75, 3.05) is 7.11 Å². The van der Waals surface area contributed by atoms with E-state index in [-0.39, 0.29) is 33.5 Å². The Morgan fingerprint density at radius 3 is 2.41 bits per heavy atom. The first-order chi connectivity index (χ1) is 13.0. The predicted molar refractivity (Wildman–Crippen MR) is 96.6 cm³/mol. The molecule has 0 radical (unpaired) electrons. The molecule has 8 heteroatoms. The van der Waals surface area contributed by atoms with E-state index in [2.05, 4.69) is 0 Å². The first-order valence-corrected chi connectivity index (χ1v) is 7.99. The lowest BCUT2D eigenvalue weighted by atomic mass is 9.99. The minimum absolute atomic E-state index is 0.0401. The minimum atomic E-state index is -1.15. The number of fused-ring (bicyclic) bond motifs is 2. The van der Waals surface area contributed by atoms with Gasteiger partial charge in [0.1, 0.15) is 35.1 Å². The van der Waals surface area contributed by atoms with Crippen molar-refractivity contribution in [3.8, 4) is 11.8 Å². The van der Waals surface area contributed by atoms with E-state index >= 15 is 0 Å². The Morgan fingerprint density at radius 1 is 1.15 bits per heavy atom. The van der Waals surface area contributed by atoms with Gasteiger partial charge in [-0.05, 0) is 24.3 Å². The molecule has 27 heavy (non-hydrogen) atoms. The second kappa shape index (κ2) is 5.85. The molecule has 7 nitrogen and oxygen atoms in total. The predicted octanol–water partition coefficient (Wildman–Crippen LogP) is 1.56. The number of aromatic nitrogens is 2. The number of nitriles is 1. The number of halogens is 1. The topological polar surface area (TPSA) is 103 Å². The number of nitrogens with zero attached hydrogens (tertiary/aromatic N) is 3. The first-order valence-electron chi connectivity index (χ1n) is 7.99. The van der Waals surface area contributed by atoms with Crippen LogP contribution < -0.4 is 21.6 Å². The lowest BCUT2D eigenvalue weighted by Crippen LogP contribution is -2.38. The van der Waals surface area contributed by atoms with Gasteiger partial charge >= 0.3 is 0 Å². The summed E-state index contributed by atoms with van der Waals surface area (Å²) in [6.45, 7) is 0. The molecular weight excluding hydrogens is 351 g/mol. The van der Waals surface area contributed by atoms with E-state index in [9.17, 15) is 19.2 Å². The second-order valence-corrected chi connectivity index (χ2v) is 6.01. The Hall–Kier alpha value is -3.86. The monoisotopic (exact) mass is 364 g/mol. The van der Waals surface area contributed by atoms with E-state index in [0.29, 0.717) is 0 Å². The van der Waals surface area contributed by atoms with Crippen LogP contribution >= 0.6 is 0 Å². The molecule has 0 saturated heterocycles. The molecule has 3 aromatic rings. The summed E-state index contributed by atoms with van der Waals surface area (Å²) in [5.41, 5.74) is 4.88. The summed E-state index contributed by atoms with van der Waals surface area (Å²) in [4.78, 5) is 25.9. The van der Waals surface area contributed by atoms with Gasteiger partial charge in [-0.25, -0.2) is 9.07 Å². The van der Waals surface area contributed by atoms with Crippen molar-refractivity contribution in [1.29, 1.82) is 5.26 Å². The third kappa shape index (κ3) is 2.18. The Balaban J connectivity index is 2.12. The maximum Gasteiger partial charge on any atom is 0.279 e. The van der Waals surface area contributed by atoms with Crippen LogP contribution in [0.3, 0.4) is 0 Å². The molecule has 0 fully saturated rings. The molecular formula is C19H13FN4O3. The average molecular weight is 364 g/mol. The fraction of sp³-hybridized carbons (Fsp3) is 0.105. The van der Waals surface area contributed by atoms with Gasteiger partial charge in [-0.3, -0.25) is 9.59 Å². The van der Waals surface area contributed by atoms with E-state index in [1.54, 1.807) is 12.1 Å². The maximum atomic E-state index is 14.7. The van der Waals surface area contributed by atoms with Crippen LogP contribution in [0, 0.1) is 17.1 Å². The van der Waals surface area contributed by atoms with Gasteiger partial charge in [0.05, 0.1) is 17.9 Å². The highest BCUT2D eigenvalue weighted by molar-refractivity contribution is 5.81. The van der Waals surface area contributed by atoms with E-state index in [1.807, 2.05) is 6.07 Å².